The molecule has 3 rings (SSSR count). The number of carbonyl (C=O) groups is 1. The largest absolute Gasteiger partial charge is 0.340 e. The fraction of sp³-hybridized carbons (Fsp3) is 0.227. The zero-order valence-electron chi connectivity index (χ0n) is 16.6. The summed E-state index contributed by atoms with van der Waals surface area (Å²) in [5, 5.41) is 9.47. The van der Waals surface area contributed by atoms with Gasteiger partial charge < -0.3 is 16.0 Å². The number of benzene rings is 2. The first-order valence-corrected chi connectivity index (χ1v) is 9.27. The van der Waals surface area contributed by atoms with Crippen molar-refractivity contribution in [1.82, 2.24) is 9.97 Å². The first-order chi connectivity index (χ1) is 13.4. The van der Waals surface area contributed by atoms with E-state index >= 15 is 0 Å². The van der Waals surface area contributed by atoms with Crippen LogP contribution in [0.1, 0.15) is 38.1 Å². The molecule has 0 spiro atoms. The zero-order chi connectivity index (χ0) is 20.1. The number of anilines is 5. The van der Waals surface area contributed by atoms with Crippen molar-refractivity contribution in [2.45, 2.75) is 33.6 Å². The summed E-state index contributed by atoms with van der Waals surface area (Å²) in [5.74, 6) is 2.36. The first kappa shape index (κ1) is 19.4. The number of aryl methyl sites for hydroxylation is 1. The highest BCUT2D eigenvalue weighted by Crippen LogP contribution is 2.27. The molecule has 0 radical (unpaired) electrons. The van der Waals surface area contributed by atoms with Crippen LogP contribution in [0.2, 0.25) is 0 Å². The molecule has 6 heteroatoms. The van der Waals surface area contributed by atoms with E-state index < -0.39 is 0 Å². The topological polar surface area (TPSA) is 78.9 Å². The van der Waals surface area contributed by atoms with Crippen LogP contribution in [0, 0.1) is 6.92 Å². The molecule has 0 bridgehead atoms. The summed E-state index contributed by atoms with van der Waals surface area (Å²) < 4.78 is 0. The van der Waals surface area contributed by atoms with Crippen LogP contribution >= 0.6 is 0 Å². The van der Waals surface area contributed by atoms with Crippen molar-refractivity contribution >= 4 is 34.6 Å². The molecule has 3 N–H and O–H groups in total. The normalized spacial score (nSPS) is 10.6. The molecule has 3 aromatic rings. The van der Waals surface area contributed by atoms with E-state index in [1.54, 1.807) is 0 Å². The summed E-state index contributed by atoms with van der Waals surface area (Å²) in [6.45, 7) is 7.68. The van der Waals surface area contributed by atoms with E-state index in [0.29, 0.717) is 17.6 Å². The van der Waals surface area contributed by atoms with Crippen LogP contribution in [0.4, 0.5) is 28.7 Å². The number of nitrogens with zero attached hydrogens (tertiary/aromatic N) is 2. The van der Waals surface area contributed by atoms with E-state index in [2.05, 4.69) is 51.9 Å². The molecular weight excluding hydrogens is 350 g/mol. The lowest BCUT2D eigenvalue weighted by molar-refractivity contribution is -0.114. The van der Waals surface area contributed by atoms with Gasteiger partial charge in [0.2, 0.25) is 5.91 Å². The SMILES string of the molecule is CC(=O)Nc1cccc(Nc2cc(Nc3ccccc3C(C)C)nc(C)n2)c1. The molecule has 28 heavy (non-hydrogen) atoms. The molecule has 0 atom stereocenters. The van der Waals surface area contributed by atoms with Crippen molar-refractivity contribution in [3.63, 3.8) is 0 Å². The molecule has 1 aromatic heterocycles. The number of carbonyl (C=O) groups excluding carboxylic acids is 1. The Morgan fingerprint density at radius 3 is 2.29 bits per heavy atom. The van der Waals surface area contributed by atoms with E-state index in [4.69, 9.17) is 0 Å². The molecule has 1 amide bonds. The van der Waals surface area contributed by atoms with Gasteiger partial charge in [0.05, 0.1) is 0 Å². The molecule has 0 aliphatic heterocycles. The molecule has 0 fully saturated rings. The van der Waals surface area contributed by atoms with Gasteiger partial charge in [0, 0.05) is 30.1 Å². The molecular formula is C22H25N5O. The van der Waals surface area contributed by atoms with Crippen molar-refractivity contribution < 1.29 is 4.79 Å². The van der Waals surface area contributed by atoms with Gasteiger partial charge in [-0.1, -0.05) is 38.1 Å². The summed E-state index contributed by atoms with van der Waals surface area (Å²) in [6.07, 6.45) is 0. The number of aromatic nitrogens is 2. The lowest BCUT2D eigenvalue weighted by Gasteiger charge is -2.15. The third kappa shape index (κ3) is 5.07. The van der Waals surface area contributed by atoms with Gasteiger partial charge in [0.1, 0.15) is 17.5 Å². The van der Waals surface area contributed by atoms with Crippen molar-refractivity contribution in [3.8, 4) is 0 Å². The predicted octanol–water partition coefficient (Wildman–Crippen LogP) is 5.35. The Kier molecular flexibility index (Phi) is 5.89. The molecule has 0 aliphatic carbocycles. The molecule has 0 aliphatic rings. The standard InChI is InChI=1S/C22H25N5O/c1-14(2)19-10-5-6-11-20(19)27-22-13-21(23-15(3)24-22)26-18-9-7-8-17(12-18)25-16(4)28/h5-14H,1-4H3,(H,25,28)(H2,23,24,26,27). The quantitative estimate of drug-likeness (QED) is 0.541. The van der Waals surface area contributed by atoms with Gasteiger partial charge in [-0.3, -0.25) is 4.79 Å². The molecule has 6 nitrogen and oxygen atoms in total. The molecule has 0 saturated heterocycles. The lowest BCUT2D eigenvalue weighted by Crippen LogP contribution is -2.06. The maximum Gasteiger partial charge on any atom is 0.221 e. The summed E-state index contributed by atoms with van der Waals surface area (Å²) in [5.41, 5.74) is 3.83. The second-order valence-corrected chi connectivity index (χ2v) is 6.94. The van der Waals surface area contributed by atoms with Gasteiger partial charge in [-0.2, -0.15) is 0 Å². The zero-order valence-corrected chi connectivity index (χ0v) is 16.6. The van der Waals surface area contributed by atoms with Crippen LogP contribution in [-0.2, 0) is 4.79 Å². The van der Waals surface area contributed by atoms with Gasteiger partial charge in [0.25, 0.3) is 0 Å². The van der Waals surface area contributed by atoms with Crippen LogP contribution < -0.4 is 16.0 Å². The average Bonchev–Trinajstić information content (AvgIpc) is 2.61. The Bertz CT molecular complexity index is 984. The minimum Gasteiger partial charge on any atom is -0.340 e. The van der Waals surface area contributed by atoms with Crippen LogP contribution in [0.3, 0.4) is 0 Å². The highest BCUT2D eigenvalue weighted by atomic mass is 16.1. The molecule has 0 unspecified atom stereocenters. The second kappa shape index (κ2) is 8.52. The number of amides is 1. The number of nitrogens with one attached hydrogen (secondary N) is 3. The third-order valence-corrected chi connectivity index (χ3v) is 4.14. The van der Waals surface area contributed by atoms with Gasteiger partial charge >= 0.3 is 0 Å². The van der Waals surface area contributed by atoms with Gasteiger partial charge in [0.15, 0.2) is 0 Å². The van der Waals surface area contributed by atoms with E-state index in [0.717, 1.165) is 22.9 Å². The van der Waals surface area contributed by atoms with Crippen LogP contribution in [-0.4, -0.2) is 15.9 Å². The Hall–Kier alpha value is -3.41. The van der Waals surface area contributed by atoms with E-state index in [1.807, 2.05) is 49.4 Å². The maximum absolute atomic E-state index is 11.3. The Morgan fingerprint density at radius 2 is 1.57 bits per heavy atom. The number of hydrogen-bond donors (Lipinski definition) is 3. The maximum atomic E-state index is 11.3. The Labute approximate surface area is 165 Å². The molecule has 144 valence electrons. The van der Waals surface area contributed by atoms with Crippen molar-refractivity contribution in [3.05, 3.63) is 66.0 Å². The summed E-state index contributed by atoms with van der Waals surface area (Å²) in [6, 6.07) is 17.6. The van der Waals surface area contributed by atoms with Crippen molar-refractivity contribution in [2.75, 3.05) is 16.0 Å². The summed E-state index contributed by atoms with van der Waals surface area (Å²) >= 11 is 0. The number of rotatable bonds is 6. The first-order valence-electron chi connectivity index (χ1n) is 9.27. The summed E-state index contributed by atoms with van der Waals surface area (Å²) in [7, 11) is 0. The fourth-order valence-corrected chi connectivity index (χ4v) is 2.97. The Morgan fingerprint density at radius 1 is 0.893 bits per heavy atom. The van der Waals surface area contributed by atoms with Gasteiger partial charge in [-0.05, 0) is 42.7 Å². The molecule has 0 saturated carbocycles. The van der Waals surface area contributed by atoms with E-state index in [1.165, 1.54) is 12.5 Å². The lowest BCUT2D eigenvalue weighted by atomic mass is 10.0. The monoisotopic (exact) mass is 375 g/mol. The second-order valence-electron chi connectivity index (χ2n) is 6.94. The minimum atomic E-state index is -0.106. The molecule has 1 heterocycles. The predicted molar refractivity (Wildman–Crippen MR) is 115 cm³/mol. The van der Waals surface area contributed by atoms with Crippen LogP contribution in [0.15, 0.2) is 54.6 Å². The summed E-state index contributed by atoms with van der Waals surface area (Å²) in [4.78, 5) is 20.2. The third-order valence-electron chi connectivity index (χ3n) is 4.14. The van der Waals surface area contributed by atoms with Crippen molar-refractivity contribution in [2.24, 2.45) is 0 Å². The van der Waals surface area contributed by atoms with Gasteiger partial charge in [-0.15, -0.1) is 0 Å². The Balaban J connectivity index is 1.84. The van der Waals surface area contributed by atoms with E-state index in [-0.39, 0.29) is 5.91 Å². The van der Waals surface area contributed by atoms with Crippen LogP contribution in [0.25, 0.3) is 0 Å². The fourth-order valence-electron chi connectivity index (χ4n) is 2.97. The highest BCUT2D eigenvalue weighted by Gasteiger charge is 2.09. The average molecular weight is 375 g/mol. The van der Waals surface area contributed by atoms with E-state index in [9.17, 15) is 4.79 Å². The van der Waals surface area contributed by atoms with Gasteiger partial charge in [-0.25, -0.2) is 9.97 Å². The smallest absolute Gasteiger partial charge is 0.221 e. The number of para-hydroxylation sites is 1. The highest BCUT2D eigenvalue weighted by molar-refractivity contribution is 5.89. The van der Waals surface area contributed by atoms with Crippen LogP contribution in [0.5, 0.6) is 0 Å². The van der Waals surface area contributed by atoms with Crippen molar-refractivity contribution in [1.29, 1.82) is 0 Å². The minimum absolute atomic E-state index is 0.106. The number of hydrogen-bond acceptors (Lipinski definition) is 5. The molecule has 2 aromatic carbocycles.